The maximum Gasteiger partial charge on any atom is 0.374 e. The van der Waals surface area contributed by atoms with Gasteiger partial charge in [0.2, 0.25) is 11.5 Å². The minimum atomic E-state index is -4.21. The Morgan fingerprint density at radius 3 is 2.30 bits per heavy atom. The summed E-state index contributed by atoms with van der Waals surface area (Å²) in [6, 6.07) is 23.7. The Balaban J connectivity index is 1.43. The molecule has 12 heteroatoms. The number of hydrogen-bond acceptors (Lipinski definition) is 7. The zero-order valence-electron chi connectivity index (χ0n) is 26.2. The van der Waals surface area contributed by atoms with E-state index in [9.17, 15) is 25.9 Å². The van der Waals surface area contributed by atoms with E-state index in [4.69, 9.17) is 9.15 Å². The summed E-state index contributed by atoms with van der Waals surface area (Å²) in [6.45, 7) is 4.25. The van der Waals surface area contributed by atoms with Gasteiger partial charge < -0.3 is 14.1 Å². The predicted octanol–water partition coefficient (Wildman–Crippen LogP) is 6.89. The molecule has 1 aliphatic rings. The minimum Gasteiger partial charge on any atom is -0.439 e. The third-order valence-corrected chi connectivity index (χ3v) is 10.6. The Morgan fingerprint density at radius 2 is 1.60 bits per heavy atom. The number of hydrogen-bond donors (Lipinski definition) is 2. The van der Waals surface area contributed by atoms with Crippen molar-refractivity contribution < 1.29 is 39.7 Å². The average molecular weight is 678 g/mol. The molecule has 246 valence electrons. The summed E-state index contributed by atoms with van der Waals surface area (Å²) in [6.07, 6.45) is 5.42. The molecule has 0 saturated carbocycles. The highest BCUT2D eigenvalue weighted by molar-refractivity contribution is 7.86. The number of anilines is 1. The number of unbranched alkanes of at least 4 members (excludes halogenated alkanes) is 1. The van der Waals surface area contributed by atoms with Crippen molar-refractivity contribution in [3.8, 4) is 5.75 Å². The molecule has 0 saturated heterocycles. The molecule has 1 atom stereocenters. The number of fused-ring (bicyclic) bond motifs is 6. The topological polar surface area (TPSA) is 138 Å². The normalized spacial score (nSPS) is 15.5. The molecular weight excluding hydrogens is 641 g/mol. The van der Waals surface area contributed by atoms with Crippen molar-refractivity contribution in [2.75, 3.05) is 17.2 Å². The first-order valence-corrected chi connectivity index (χ1v) is 18.7. The van der Waals surface area contributed by atoms with E-state index >= 15 is 0 Å². The summed E-state index contributed by atoms with van der Waals surface area (Å²) in [5.41, 5.74) is 3.28. The van der Waals surface area contributed by atoms with Crippen LogP contribution >= 0.6 is 0 Å². The van der Waals surface area contributed by atoms with Gasteiger partial charge in [-0.2, -0.15) is 21.4 Å². The highest BCUT2D eigenvalue weighted by atomic mass is 32.2. The number of nitrogens with zero attached hydrogens (tertiary/aromatic N) is 2. The van der Waals surface area contributed by atoms with Crippen LogP contribution in [0.1, 0.15) is 45.4 Å². The van der Waals surface area contributed by atoms with Gasteiger partial charge in [-0.25, -0.2) is 0 Å². The fourth-order valence-corrected chi connectivity index (χ4v) is 6.96. The lowest BCUT2D eigenvalue weighted by Gasteiger charge is -2.21. The molecule has 0 aliphatic carbocycles. The lowest BCUT2D eigenvalue weighted by molar-refractivity contribution is -0.677. The third kappa shape index (κ3) is 7.05. The number of allylic oxidation sites excluding steroid dienone is 2. The van der Waals surface area contributed by atoms with E-state index in [0.717, 1.165) is 38.3 Å². The molecule has 5 aromatic rings. The van der Waals surface area contributed by atoms with Gasteiger partial charge in [0.05, 0.1) is 28.2 Å². The van der Waals surface area contributed by atoms with Gasteiger partial charge in [-0.05, 0) is 60.7 Å². The molecule has 10 nitrogen and oxygen atoms in total. The predicted molar refractivity (Wildman–Crippen MR) is 183 cm³/mol. The highest BCUT2D eigenvalue weighted by Crippen LogP contribution is 2.45. The number of aromatic nitrogens is 1. The molecule has 47 heavy (non-hydrogen) atoms. The third-order valence-electron chi connectivity index (χ3n) is 8.56. The Labute approximate surface area is 274 Å². The van der Waals surface area contributed by atoms with Crippen LogP contribution in [0.2, 0.25) is 0 Å². The van der Waals surface area contributed by atoms with Crippen LogP contribution in [0, 0.1) is 0 Å². The van der Waals surface area contributed by atoms with Gasteiger partial charge >= 0.3 is 5.89 Å². The molecule has 1 aromatic heterocycles. The van der Waals surface area contributed by atoms with Gasteiger partial charge in [0.25, 0.3) is 25.8 Å². The van der Waals surface area contributed by atoms with Crippen LogP contribution in [0.15, 0.2) is 94.7 Å². The van der Waals surface area contributed by atoms with Crippen molar-refractivity contribution in [2.45, 2.75) is 51.3 Å². The van der Waals surface area contributed by atoms with Gasteiger partial charge in [0.15, 0.2) is 12.3 Å². The summed E-state index contributed by atoms with van der Waals surface area (Å²) in [7, 11) is -8.28. The maximum absolute atomic E-state index is 11.9. The van der Waals surface area contributed by atoms with Gasteiger partial charge in [-0.3, -0.25) is 9.11 Å². The maximum atomic E-state index is 11.9. The minimum absolute atomic E-state index is 0.174. The van der Waals surface area contributed by atoms with E-state index in [1.165, 1.54) is 6.92 Å². The molecule has 0 amide bonds. The van der Waals surface area contributed by atoms with Crippen LogP contribution in [0.5, 0.6) is 5.75 Å². The van der Waals surface area contributed by atoms with E-state index in [1.807, 2.05) is 101 Å². The van der Waals surface area contributed by atoms with E-state index < -0.39 is 25.5 Å². The van der Waals surface area contributed by atoms with E-state index in [2.05, 4.69) is 0 Å². The summed E-state index contributed by atoms with van der Waals surface area (Å²) < 4.78 is 80.2. The zero-order valence-corrected chi connectivity index (χ0v) is 27.8. The van der Waals surface area contributed by atoms with Crippen molar-refractivity contribution in [1.29, 1.82) is 0 Å². The fraction of sp³-hybridized carbons (Fsp3) is 0.286. The molecular formula is C35H37N2O8S2+. The molecule has 2 N–H and O–H groups in total. The lowest BCUT2D eigenvalue weighted by Crippen LogP contribution is -2.35. The Bertz CT molecular complexity index is 2260. The van der Waals surface area contributed by atoms with Crippen molar-refractivity contribution in [2.24, 2.45) is 0 Å². The summed E-state index contributed by atoms with van der Waals surface area (Å²) in [4.78, 5) is 1.96. The van der Waals surface area contributed by atoms with Crippen LogP contribution in [0.3, 0.4) is 0 Å². The summed E-state index contributed by atoms with van der Waals surface area (Å²) in [5.74, 6) is 1.42. The zero-order chi connectivity index (χ0) is 33.3. The molecule has 0 spiro atoms. The van der Waals surface area contributed by atoms with Crippen LogP contribution in [0.25, 0.3) is 38.7 Å². The molecule has 0 bridgehead atoms. The Kier molecular flexibility index (Phi) is 9.12. The Hall–Kier alpha value is -4.23. The molecule has 2 heterocycles. The van der Waals surface area contributed by atoms with Crippen LogP contribution in [0.4, 0.5) is 5.69 Å². The first-order valence-electron chi connectivity index (χ1n) is 15.6. The van der Waals surface area contributed by atoms with Crippen molar-refractivity contribution in [1.82, 2.24) is 0 Å². The van der Waals surface area contributed by atoms with E-state index in [-0.39, 0.29) is 25.1 Å². The number of benzene rings is 4. The number of rotatable bonds is 12. The quantitative estimate of drug-likeness (QED) is 0.0821. The van der Waals surface area contributed by atoms with Gasteiger partial charge in [-0.15, -0.1) is 0 Å². The molecule has 1 unspecified atom stereocenters. The standard InChI is InChI=1S/C35H36N2O8S2/c1-3-25(22-32-36(19-8-9-21-46(38,39)40)34-28-12-6-4-10-26(28)14-16-30(34)44-32)23-33-37(20-18-24(2)47(41,42)43)35-29-13-7-5-11-27(29)15-17-31(35)45-33/h4-7,10-17,22-24H,3,8-9,18-21H2,1-2H3,(H-,38,39,40,41,42,43)/p+1. The van der Waals surface area contributed by atoms with Crippen LogP contribution in [-0.2, 0) is 26.8 Å². The number of ether oxygens (including phenoxy) is 1. The summed E-state index contributed by atoms with van der Waals surface area (Å²) >= 11 is 0. The smallest absolute Gasteiger partial charge is 0.374 e. The average Bonchev–Trinajstić information content (AvgIpc) is 3.57. The fourth-order valence-electron chi connectivity index (χ4n) is 5.98. The lowest BCUT2D eigenvalue weighted by atomic mass is 10.1. The van der Waals surface area contributed by atoms with E-state index in [1.54, 1.807) is 0 Å². The first kappa shape index (κ1) is 32.7. The molecule has 1 aliphatic heterocycles. The molecule has 4 aromatic carbocycles. The second-order valence-electron chi connectivity index (χ2n) is 11.8. The molecule has 0 fully saturated rings. The van der Waals surface area contributed by atoms with Crippen molar-refractivity contribution in [3.63, 3.8) is 0 Å². The second-order valence-corrected chi connectivity index (χ2v) is 15.2. The SMILES string of the molecule is CCC(=Cc1oc2ccc3ccccc3c2[n+]1CCCCS(=O)(=O)O)C=C1Oc2ccc3ccccc3c2N1CCC(C)S(=O)(=O)O. The number of aryl methyl sites for hydroxylation is 1. The second kappa shape index (κ2) is 13.1. The van der Waals surface area contributed by atoms with Gasteiger partial charge in [0.1, 0.15) is 0 Å². The van der Waals surface area contributed by atoms with Crippen LogP contribution < -0.4 is 14.2 Å². The van der Waals surface area contributed by atoms with Gasteiger partial charge in [-0.1, -0.05) is 61.5 Å². The Morgan fingerprint density at radius 1 is 0.915 bits per heavy atom. The largest absolute Gasteiger partial charge is 0.439 e. The molecule has 0 radical (unpaired) electrons. The van der Waals surface area contributed by atoms with Crippen LogP contribution in [-0.4, -0.2) is 43.5 Å². The van der Waals surface area contributed by atoms with E-state index in [0.29, 0.717) is 42.5 Å². The van der Waals surface area contributed by atoms with Crippen molar-refractivity contribution in [3.05, 3.63) is 96.2 Å². The molecule has 6 rings (SSSR count). The monoisotopic (exact) mass is 677 g/mol. The highest BCUT2D eigenvalue weighted by Gasteiger charge is 2.31. The first-order chi connectivity index (χ1) is 22.4. The summed E-state index contributed by atoms with van der Waals surface area (Å²) in [5, 5.41) is 3.05. The van der Waals surface area contributed by atoms with Crippen molar-refractivity contribution >= 4 is 64.6 Å². The number of oxazole rings is 1. The van der Waals surface area contributed by atoms with Gasteiger partial charge in [0, 0.05) is 24.4 Å².